The van der Waals surface area contributed by atoms with Crippen LogP contribution in [-0.2, 0) is 9.47 Å². The van der Waals surface area contributed by atoms with Gasteiger partial charge in [0.1, 0.15) is 0 Å². The standard InChI is InChI=1S/C21H32O4/c1-5-6-7-8-9-10-14-24-19(22)17-12-11-13-18(15-17)20(23)25-16-21(2,3)4/h11-13,15H,5-10,14,16H2,1-4H3. The highest BCUT2D eigenvalue weighted by Gasteiger charge is 2.16. The van der Waals surface area contributed by atoms with Gasteiger partial charge in [0.2, 0.25) is 0 Å². The molecule has 25 heavy (non-hydrogen) atoms. The highest BCUT2D eigenvalue weighted by Crippen LogP contribution is 2.15. The summed E-state index contributed by atoms with van der Waals surface area (Å²) in [6.45, 7) is 8.93. The van der Waals surface area contributed by atoms with E-state index in [4.69, 9.17) is 9.47 Å². The Labute approximate surface area is 151 Å². The summed E-state index contributed by atoms with van der Waals surface area (Å²) in [5.74, 6) is -0.806. The van der Waals surface area contributed by atoms with Crippen molar-refractivity contribution in [2.75, 3.05) is 13.2 Å². The summed E-state index contributed by atoms with van der Waals surface area (Å²) in [6, 6.07) is 6.52. The molecule has 0 spiro atoms. The number of esters is 2. The van der Waals surface area contributed by atoms with Gasteiger partial charge in [0.05, 0.1) is 24.3 Å². The molecule has 0 heterocycles. The molecule has 0 radical (unpaired) electrons. The predicted octanol–water partition coefficient (Wildman–Crippen LogP) is 5.41. The number of rotatable bonds is 10. The van der Waals surface area contributed by atoms with Gasteiger partial charge in [0.25, 0.3) is 0 Å². The van der Waals surface area contributed by atoms with Gasteiger partial charge < -0.3 is 9.47 Å². The maximum Gasteiger partial charge on any atom is 0.338 e. The first-order chi connectivity index (χ1) is 11.8. The van der Waals surface area contributed by atoms with Crippen LogP contribution < -0.4 is 0 Å². The highest BCUT2D eigenvalue weighted by atomic mass is 16.5. The molecule has 0 unspecified atom stereocenters. The first-order valence-electron chi connectivity index (χ1n) is 9.28. The van der Waals surface area contributed by atoms with Crippen LogP contribution in [0.25, 0.3) is 0 Å². The predicted molar refractivity (Wildman–Crippen MR) is 99.8 cm³/mol. The van der Waals surface area contributed by atoms with E-state index in [-0.39, 0.29) is 11.4 Å². The van der Waals surface area contributed by atoms with Gasteiger partial charge in [-0.3, -0.25) is 0 Å². The van der Waals surface area contributed by atoms with Gasteiger partial charge in [0.15, 0.2) is 0 Å². The molecular formula is C21H32O4. The number of carbonyl (C=O) groups excluding carboxylic acids is 2. The molecule has 0 saturated heterocycles. The van der Waals surface area contributed by atoms with Crippen molar-refractivity contribution in [3.8, 4) is 0 Å². The van der Waals surface area contributed by atoms with Gasteiger partial charge in [0, 0.05) is 0 Å². The molecule has 0 fully saturated rings. The maximum atomic E-state index is 12.1. The molecule has 0 aliphatic carbocycles. The van der Waals surface area contributed by atoms with Crippen LogP contribution in [0.4, 0.5) is 0 Å². The Kier molecular flexibility index (Phi) is 9.25. The summed E-state index contributed by atoms with van der Waals surface area (Å²) in [7, 11) is 0. The smallest absolute Gasteiger partial charge is 0.338 e. The van der Waals surface area contributed by atoms with Crippen molar-refractivity contribution in [1.82, 2.24) is 0 Å². The summed E-state index contributed by atoms with van der Waals surface area (Å²) >= 11 is 0. The van der Waals surface area contributed by atoms with Gasteiger partial charge in [-0.25, -0.2) is 9.59 Å². The van der Waals surface area contributed by atoms with Crippen molar-refractivity contribution in [2.45, 2.75) is 66.2 Å². The molecule has 0 bridgehead atoms. The van der Waals surface area contributed by atoms with Crippen LogP contribution in [0.5, 0.6) is 0 Å². The van der Waals surface area contributed by atoms with Crippen LogP contribution >= 0.6 is 0 Å². The molecular weight excluding hydrogens is 316 g/mol. The van der Waals surface area contributed by atoms with Crippen molar-refractivity contribution in [2.24, 2.45) is 5.41 Å². The zero-order valence-electron chi connectivity index (χ0n) is 16.1. The second-order valence-electron chi connectivity index (χ2n) is 7.62. The quantitative estimate of drug-likeness (QED) is 0.419. The number of benzene rings is 1. The fraction of sp³-hybridized carbons (Fsp3) is 0.619. The number of ether oxygens (including phenoxy) is 2. The van der Waals surface area contributed by atoms with E-state index in [1.54, 1.807) is 18.2 Å². The molecule has 1 rings (SSSR count). The molecule has 0 aromatic heterocycles. The van der Waals surface area contributed by atoms with E-state index in [1.165, 1.54) is 31.7 Å². The molecule has 1 aromatic rings. The van der Waals surface area contributed by atoms with Crippen LogP contribution in [0.2, 0.25) is 0 Å². The largest absolute Gasteiger partial charge is 0.462 e. The lowest BCUT2D eigenvalue weighted by Crippen LogP contribution is -2.18. The third-order valence-electron chi connectivity index (χ3n) is 3.70. The summed E-state index contributed by atoms with van der Waals surface area (Å²) in [6.07, 6.45) is 6.86. The Balaban J connectivity index is 2.43. The monoisotopic (exact) mass is 348 g/mol. The second-order valence-corrected chi connectivity index (χ2v) is 7.62. The van der Waals surface area contributed by atoms with E-state index < -0.39 is 5.97 Å². The van der Waals surface area contributed by atoms with Crippen LogP contribution in [0.1, 0.15) is 86.9 Å². The Hall–Kier alpha value is -1.84. The average Bonchev–Trinajstić information content (AvgIpc) is 2.58. The molecule has 140 valence electrons. The van der Waals surface area contributed by atoms with Crippen LogP contribution in [0, 0.1) is 5.41 Å². The Bertz CT molecular complexity index is 543. The van der Waals surface area contributed by atoms with Crippen LogP contribution in [0.15, 0.2) is 24.3 Å². The fourth-order valence-corrected chi connectivity index (χ4v) is 2.27. The Morgan fingerprint density at radius 1 is 0.880 bits per heavy atom. The van der Waals surface area contributed by atoms with Gasteiger partial charge >= 0.3 is 11.9 Å². The zero-order valence-corrected chi connectivity index (χ0v) is 16.1. The van der Waals surface area contributed by atoms with Gasteiger partial charge in [-0.15, -0.1) is 0 Å². The third-order valence-corrected chi connectivity index (χ3v) is 3.70. The fourth-order valence-electron chi connectivity index (χ4n) is 2.27. The van der Waals surface area contributed by atoms with E-state index in [1.807, 2.05) is 20.8 Å². The van der Waals surface area contributed by atoms with Crippen molar-refractivity contribution in [1.29, 1.82) is 0 Å². The van der Waals surface area contributed by atoms with E-state index >= 15 is 0 Å². The van der Waals surface area contributed by atoms with Crippen LogP contribution in [0.3, 0.4) is 0 Å². The molecule has 4 nitrogen and oxygen atoms in total. The highest BCUT2D eigenvalue weighted by molar-refractivity contribution is 5.95. The normalized spacial score (nSPS) is 11.2. The molecule has 0 amide bonds. The van der Waals surface area contributed by atoms with Crippen molar-refractivity contribution < 1.29 is 19.1 Å². The minimum absolute atomic E-state index is 0.0939. The van der Waals surface area contributed by atoms with Crippen molar-refractivity contribution >= 4 is 11.9 Å². The summed E-state index contributed by atoms with van der Waals surface area (Å²) in [5, 5.41) is 0. The number of carbonyl (C=O) groups is 2. The lowest BCUT2D eigenvalue weighted by molar-refractivity contribution is 0.0367. The van der Waals surface area contributed by atoms with E-state index in [9.17, 15) is 9.59 Å². The third kappa shape index (κ3) is 9.28. The maximum absolute atomic E-state index is 12.1. The van der Waals surface area contributed by atoms with Crippen molar-refractivity contribution in [3.63, 3.8) is 0 Å². The first kappa shape index (κ1) is 21.2. The summed E-state index contributed by atoms with van der Waals surface area (Å²) in [5.41, 5.74) is 0.665. The van der Waals surface area contributed by atoms with Crippen LogP contribution in [-0.4, -0.2) is 25.2 Å². The van der Waals surface area contributed by atoms with E-state index in [2.05, 4.69) is 6.92 Å². The number of unbranched alkanes of at least 4 members (excludes halogenated alkanes) is 5. The molecule has 1 aromatic carbocycles. The van der Waals surface area contributed by atoms with Gasteiger partial charge in [-0.2, -0.15) is 0 Å². The zero-order chi connectivity index (χ0) is 18.7. The number of hydrogen-bond acceptors (Lipinski definition) is 4. The van der Waals surface area contributed by atoms with Gasteiger partial charge in [-0.05, 0) is 30.0 Å². The average molecular weight is 348 g/mol. The van der Waals surface area contributed by atoms with Crippen molar-refractivity contribution in [3.05, 3.63) is 35.4 Å². The SMILES string of the molecule is CCCCCCCCOC(=O)c1cccc(C(=O)OCC(C)(C)C)c1. The van der Waals surface area contributed by atoms with E-state index in [0.717, 1.165) is 12.8 Å². The topological polar surface area (TPSA) is 52.6 Å². The molecule has 0 atom stereocenters. The first-order valence-corrected chi connectivity index (χ1v) is 9.28. The minimum Gasteiger partial charge on any atom is -0.462 e. The Morgan fingerprint density at radius 3 is 2.04 bits per heavy atom. The summed E-state index contributed by atoms with van der Waals surface area (Å²) < 4.78 is 10.6. The second kappa shape index (κ2) is 10.9. The van der Waals surface area contributed by atoms with E-state index in [0.29, 0.717) is 24.3 Å². The lowest BCUT2D eigenvalue weighted by atomic mass is 9.99. The molecule has 0 aliphatic heterocycles. The summed E-state index contributed by atoms with van der Waals surface area (Å²) in [4.78, 5) is 24.2. The lowest BCUT2D eigenvalue weighted by Gasteiger charge is -2.17. The van der Waals surface area contributed by atoms with Gasteiger partial charge in [-0.1, -0.05) is 65.9 Å². The minimum atomic E-state index is -0.416. The number of hydrogen-bond donors (Lipinski definition) is 0. The molecule has 0 saturated carbocycles. The molecule has 4 heteroatoms. The molecule has 0 aliphatic rings. The molecule has 0 N–H and O–H groups in total. The Morgan fingerprint density at radius 2 is 1.44 bits per heavy atom.